The minimum absolute atomic E-state index is 0.0136. The number of carbonyl (C=O) groups is 2. The van der Waals surface area contributed by atoms with Gasteiger partial charge in [-0.3, -0.25) is 14.9 Å². The Morgan fingerprint density at radius 1 is 1.36 bits per heavy atom. The average Bonchev–Trinajstić information content (AvgIpc) is 2.93. The Balaban J connectivity index is 2.06. The van der Waals surface area contributed by atoms with Gasteiger partial charge in [-0.2, -0.15) is 0 Å². The van der Waals surface area contributed by atoms with E-state index in [2.05, 4.69) is 0 Å². The van der Waals surface area contributed by atoms with Crippen molar-refractivity contribution in [2.45, 2.75) is 25.5 Å². The van der Waals surface area contributed by atoms with Gasteiger partial charge in [0.05, 0.1) is 16.4 Å². The SMILES string of the molecule is CC(OC(=O)c1ccccc1[N+](=O)[O-])C(=O)N(C)C1CCS(=O)(=O)C1. The number of para-hydroxylation sites is 1. The molecule has 1 saturated heterocycles. The number of amides is 1. The lowest BCUT2D eigenvalue weighted by atomic mass is 10.2. The molecule has 0 N–H and O–H groups in total. The fourth-order valence-electron chi connectivity index (χ4n) is 2.63. The number of hydrogen-bond donors (Lipinski definition) is 0. The topological polar surface area (TPSA) is 124 Å². The van der Waals surface area contributed by atoms with Crippen molar-refractivity contribution >= 4 is 27.4 Å². The second kappa shape index (κ2) is 7.18. The number of sulfone groups is 1. The minimum Gasteiger partial charge on any atom is -0.449 e. The summed E-state index contributed by atoms with van der Waals surface area (Å²) < 4.78 is 28.1. The van der Waals surface area contributed by atoms with Crippen LogP contribution in [0.5, 0.6) is 0 Å². The van der Waals surface area contributed by atoms with E-state index in [9.17, 15) is 28.1 Å². The molecule has 2 rings (SSSR count). The molecule has 136 valence electrons. The van der Waals surface area contributed by atoms with Crippen LogP contribution >= 0.6 is 0 Å². The second-order valence-corrected chi connectivity index (χ2v) is 8.06. The summed E-state index contributed by atoms with van der Waals surface area (Å²) in [4.78, 5) is 36.0. The van der Waals surface area contributed by atoms with Crippen molar-refractivity contribution in [2.24, 2.45) is 0 Å². The van der Waals surface area contributed by atoms with Crippen molar-refractivity contribution in [1.29, 1.82) is 0 Å². The van der Waals surface area contributed by atoms with E-state index in [0.29, 0.717) is 6.42 Å². The van der Waals surface area contributed by atoms with Gasteiger partial charge in [-0.25, -0.2) is 13.2 Å². The highest BCUT2D eigenvalue weighted by Gasteiger charge is 2.35. The average molecular weight is 370 g/mol. The molecule has 1 amide bonds. The van der Waals surface area contributed by atoms with Gasteiger partial charge in [0.15, 0.2) is 15.9 Å². The molecule has 1 aliphatic rings. The van der Waals surface area contributed by atoms with Crippen LogP contribution < -0.4 is 0 Å². The Morgan fingerprint density at radius 2 is 2.00 bits per heavy atom. The van der Waals surface area contributed by atoms with Crippen molar-refractivity contribution in [3.05, 3.63) is 39.9 Å². The van der Waals surface area contributed by atoms with Crippen LogP contribution in [0.15, 0.2) is 24.3 Å². The second-order valence-electron chi connectivity index (χ2n) is 5.83. The molecule has 10 heteroatoms. The molecule has 9 nitrogen and oxygen atoms in total. The van der Waals surface area contributed by atoms with Crippen LogP contribution in [0.2, 0.25) is 0 Å². The number of nitro groups is 1. The van der Waals surface area contributed by atoms with Crippen molar-refractivity contribution in [3.63, 3.8) is 0 Å². The molecule has 0 aromatic heterocycles. The van der Waals surface area contributed by atoms with E-state index in [1.165, 1.54) is 43.1 Å². The highest BCUT2D eigenvalue weighted by atomic mass is 32.2. The molecule has 0 aliphatic carbocycles. The molecule has 1 fully saturated rings. The number of hydrogen-bond acceptors (Lipinski definition) is 7. The number of carbonyl (C=O) groups excluding carboxylic acids is 2. The first-order valence-corrected chi connectivity index (χ1v) is 9.36. The number of rotatable bonds is 5. The third kappa shape index (κ3) is 4.32. The zero-order chi connectivity index (χ0) is 18.8. The van der Waals surface area contributed by atoms with Crippen molar-refractivity contribution < 1.29 is 27.7 Å². The maximum atomic E-state index is 12.3. The summed E-state index contributed by atoms with van der Waals surface area (Å²) >= 11 is 0. The zero-order valence-corrected chi connectivity index (χ0v) is 14.6. The smallest absolute Gasteiger partial charge is 0.345 e. The lowest BCUT2D eigenvalue weighted by molar-refractivity contribution is -0.385. The third-order valence-corrected chi connectivity index (χ3v) is 5.81. The number of ether oxygens (including phenoxy) is 1. The van der Waals surface area contributed by atoms with Crippen molar-refractivity contribution in [1.82, 2.24) is 4.90 Å². The summed E-state index contributed by atoms with van der Waals surface area (Å²) in [6.07, 6.45) is -0.865. The molecule has 2 atom stereocenters. The van der Waals surface area contributed by atoms with E-state index in [4.69, 9.17) is 4.74 Å². The van der Waals surface area contributed by atoms with E-state index < -0.39 is 44.5 Å². The van der Waals surface area contributed by atoms with Gasteiger partial charge in [0.1, 0.15) is 5.56 Å². The summed E-state index contributed by atoms with van der Waals surface area (Å²) in [5.41, 5.74) is -0.666. The lowest BCUT2D eigenvalue weighted by Crippen LogP contribution is -2.44. The predicted molar refractivity (Wildman–Crippen MR) is 87.8 cm³/mol. The van der Waals surface area contributed by atoms with Gasteiger partial charge in [0.25, 0.3) is 11.6 Å². The number of nitro benzene ring substituents is 1. The summed E-state index contributed by atoms with van der Waals surface area (Å²) in [5, 5.41) is 11.0. The first-order valence-electron chi connectivity index (χ1n) is 7.54. The van der Waals surface area contributed by atoms with E-state index in [-0.39, 0.29) is 17.1 Å². The Bertz CT molecular complexity index is 806. The summed E-state index contributed by atoms with van der Waals surface area (Å²) in [5.74, 6) is -1.66. The quantitative estimate of drug-likeness (QED) is 0.426. The van der Waals surface area contributed by atoms with Gasteiger partial charge < -0.3 is 9.64 Å². The highest BCUT2D eigenvalue weighted by molar-refractivity contribution is 7.91. The summed E-state index contributed by atoms with van der Waals surface area (Å²) in [7, 11) is -1.71. The molecule has 1 heterocycles. The normalized spacial score (nSPS) is 19.8. The number of likely N-dealkylation sites (N-methyl/N-ethyl adjacent to an activating group) is 1. The zero-order valence-electron chi connectivity index (χ0n) is 13.7. The number of esters is 1. The maximum absolute atomic E-state index is 12.3. The van der Waals surface area contributed by atoms with E-state index in [1.807, 2.05) is 0 Å². The number of nitrogens with zero attached hydrogens (tertiary/aromatic N) is 2. The van der Waals surface area contributed by atoms with E-state index >= 15 is 0 Å². The van der Waals surface area contributed by atoms with Crippen LogP contribution in [0.25, 0.3) is 0 Å². The largest absolute Gasteiger partial charge is 0.449 e. The molecule has 0 radical (unpaired) electrons. The molecule has 0 saturated carbocycles. The predicted octanol–water partition coefficient (Wildman–Crippen LogP) is 0.786. The molecule has 1 aromatic carbocycles. The monoisotopic (exact) mass is 370 g/mol. The van der Waals surface area contributed by atoms with Crippen molar-refractivity contribution in [2.75, 3.05) is 18.6 Å². The van der Waals surface area contributed by atoms with Crippen LogP contribution in [-0.4, -0.2) is 60.8 Å². The first-order chi connectivity index (χ1) is 11.6. The lowest BCUT2D eigenvalue weighted by Gasteiger charge is -2.26. The maximum Gasteiger partial charge on any atom is 0.345 e. The molecular weight excluding hydrogens is 352 g/mol. The molecule has 2 unspecified atom stereocenters. The summed E-state index contributed by atoms with van der Waals surface area (Å²) in [6.45, 7) is 1.34. The summed E-state index contributed by atoms with van der Waals surface area (Å²) in [6, 6.07) is 4.80. The van der Waals surface area contributed by atoms with Crippen molar-refractivity contribution in [3.8, 4) is 0 Å². The Kier molecular flexibility index (Phi) is 5.41. The van der Waals surface area contributed by atoms with Crippen LogP contribution in [0.3, 0.4) is 0 Å². The van der Waals surface area contributed by atoms with Crippen LogP contribution in [-0.2, 0) is 19.4 Å². The Hall–Kier alpha value is -2.49. The minimum atomic E-state index is -3.16. The Morgan fingerprint density at radius 3 is 2.56 bits per heavy atom. The van der Waals surface area contributed by atoms with Gasteiger partial charge in [-0.05, 0) is 19.4 Å². The van der Waals surface area contributed by atoms with Gasteiger partial charge >= 0.3 is 5.97 Å². The van der Waals surface area contributed by atoms with E-state index in [1.54, 1.807) is 0 Å². The third-order valence-electron chi connectivity index (χ3n) is 4.06. The number of benzene rings is 1. The van der Waals surface area contributed by atoms with Crippen LogP contribution in [0.1, 0.15) is 23.7 Å². The molecular formula is C15H18N2O7S. The van der Waals surface area contributed by atoms with Crippen LogP contribution in [0, 0.1) is 10.1 Å². The van der Waals surface area contributed by atoms with Gasteiger partial charge in [0, 0.05) is 19.2 Å². The van der Waals surface area contributed by atoms with Gasteiger partial charge in [-0.1, -0.05) is 12.1 Å². The molecule has 1 aliphatic heterocycles. The fourth-order valence-corrected chi connectivity index (χ4v) is 4.40. The standard InChI is InChI=1S/C15H18N2O7S/c1-10(14(18)16(2)11-7-8-25(22,23)9-11)24-15(19)12-5-3-4-6-13(12)17(20)21/h3-6,10-11H,7-9H2,1-2H3. The molecule has 0 bridgehead atoms. The van der Waals surface area contributed by atoms with Gasteiger partial charge in [-0.15, -0.1) is 0 Å². The first kappa shape index (κ1) is 18.8. The Labute approximate surface area is 144 Å². The molecule has 25 heavy (non-hydrogen) atoms. The highest BCUT2D eigenvalue weighted by Crippen LogP contribution is 2.21. The van der Waals surface area contributed by atoms with Gasteiger partial charge in [0.2, 0.25) is 0 Å². The van der Waals surface area contributed by atoms with Crippen LogP contribution in [0.4, 0.5) is 5.69 Å². The molecule has 0 spiro atoms. The van der Waals surface area contributed by atoms with E-state index in [0.717, 1.165) is 0 Å². The molecule has 1 aromatic rings. The fraction of sp³-hybridized carbons (Fsp3) is 0.467.